The van der Waals surface area contributed by atoms with Gasteiger partial charge in [0.1, 0.15) is 18.1 Å². The number of rotatable bonds is 18. The molecule has 2 aromatic carbocycles. The number of furan rings is 1. The third-order valence-corrected chi connectivity index (χ3v) is 6.37. The van der Waals surface area contributed by atoms with Crippen molar-refractivity contribution in [3.05, 3.63) is 78.1 Å². The van der Waals surface area contributed by atoms with Crippen LogP contribution in [0.2, 0.25) is 0 Å². The number of ether oxygens (including phenoxy) is 1. The number of unbranched alkanes of at least 4 members (excludes halogenated alkanes) is 3. The summed E-state index contributed by atoms with van der Waals surface area (Å²) in [6, 6.07) is 20.3. The minimum Gasteiger partial charge on any atom is -0.491 e. The maximum Gasteiger partial charge on any atom is 0.288 e. The summed E-state index contributed by atoms with van der Waals surface area (Å²) in [5.74, 6) is 0.170. The Bertz CT molecular complexity index is 1230. The van der Waals surface area contributed by atoms with Gasteiger partial charge in [0, 0.05) is 5.56 Å². The third kappa shape index (κ3) is 10.8. The number of amides is 3. The summed E-state index contributed by atoms with van der Waals surface area (Å²) in [5.41, 5.74) is 1.71. The molecule has 2 N–H and O–H groups in total. The van der Waals surface area contributed by atoms with Gasteiger partial charge in [0.25, 0.3) is 5.91 Å². The Morgan fingerprint density at radius 2 is 1.78 bits per heavy atom. The molecule has 0 saturated heterocycles. The number of hydrogen-bond donors (Lipinski definition) is 2. The normalized spacial score (nSPS) is 11.6. The zero-order chi connectivity index (χ0) is 29.5. The van der Waals surface area contributed by atoms with Crippen molar-refractivity contribution < 1.29 is 28.4 Å². The van der Waals surface area contributed by atoms with Crippen LogP contribution in [0.3, 0.4) is 0 Å². The van der Waals surface area contributed by atoms with Gasteiger partial charge in [-0.15, -0.1) is 0 Å². The van der Waals surface area contributed by atoms with Crippen LogP contribution >= 0.6 is 0 Å². The van der Waals surface area contributed by atoms with E-state index >= 15 is 0 Å². The summed E-state index contributed by atoms with van der Waals surface area (Å²) in [6.07, 6.45) is 5.23. The van der Waals surface area contributed by atoms with E-state index in [-0.39, 0.29) is 37.6 Å². The molecule has 1 atom stereocenters. The summed E-state index contributed by atoms with van der Waals surface area (Å²) in [7, 11) is 0. The van der Waals surface area contributed by atoms with Crippen molar-refractivity contribution >= 4 is 18.2 Å². The second-order valence-electron chi connectivity index (χ2n) is 10.1. The zero-order valence-corrected chi connectivity index (χ0v) is 24.1. The van der Waals surface area contributed by atoms with E-state index in [4.69, 9.17) is 14.0 Å². The molecule has 0 radical (unpaired) electrons. The number of nitrogens with zero attached hydrogens (tertiary/aromatic N) is 1. The van der Waals surface area contributed by atoms with Crippen LogP contribution in [0.15, 0.2) is 71.1 Å². The predicted octanol–water partition coefficient (Wildman–Crippen LogP) is 5.71. The van der Waals surface area contributed by atoms with Crippen molar-refractivity contribution in [2.75, 3.05) is 13.2 Å². The van der Waals surface area contributed by atoms with Crippen molar-refractivity contribution in [1.29, 1.82) is 0 Å². The molecule has 0 aliphatic rings. The summed E-state index contributed by atoms with van der Waals surface area (Å²) in [6.45, 7) is 6.28. The average molecular weight is 564 g/mol. The molecule has 220 valence electrons. The molecule has 41 heavy (non-hydrogen) atoms. The fourth-order valence-corrected chi connectivity index (χ4v) is 4.25. The van der Waals surface area contributed by atoms with Crippen molar-refractivity contribution in [3.63, 3.8) is 0 Å². The molecule has 1 heterocycles. The maximum absolute atomic E-state index is 13.1. The third-order valence-electron chi connectivity index (χ3n) is 6.37. The van der Waals surface area contributed by atoms with Crippen molar-refractivity contribution in [2.45, 2.75) is 65.6 Å². The number of carbonyl (C=O) groups is 3. The number of nitrogens with one attached hydrogen (secondary N) is 2. The lowest BCUT2D eigenvalue weighted by atomic mass is 9.99. The lowest BCUT2D eigenvalue weighted by Gasteiger charge is -2.23. The van der Waals surface area contributed by atoms with Crippen molar-refractivity contribution in [1.82, 2.24) is 15.7 Å². The van der Waals surface area contributed by atoms with Crippen LogP contribution in [0, 0.1) is 5.92 Å². The molecule has 0 aliphatic heterocycles. The lowest BCUT2D eigenvalue weighted by Crippen LogP contribution is -2.43. The summed E-state index contributed by atoms with van der Waals surface area (Å²) >= 11 is 0. The Labute approximate surface area is 242 Å². The monoisotopic (exact) mass is 563 g/mol. The number of hydroxylamine groups is 2. The first-order chi connectivity index (χ1) is 19.9. The summed E-state index contributed by atoms with van der Waals surface area (Å²) < 4.78 is 11.5. The molecular formula is C32H41N3O6. The van der Waals surface area contributed by atoms with E-state index in [9.17, 15) is 14.4 Å². The average Bonchev–Trinajstić information content (AvgIpc) is 3.47. The molecule has 0 spiro atoms. The minimum atomic E-state index is -0.486. The zero-order valence-electron chi connectivity index (χ0n) is 24.1. The largest absolute Gasteiger partial charge is 0.491 e. The topological polar surface area (TPSA) is 110 Å². The highest BCUT2D eigenvalue weighted by atomic mass is 16.7. The Morgan fingerprint density at radius 3 is 2.51 bits per heavy atom. The van der Waals surface area contributed by atoms with Gasteiger partial charge in [0.05, 0.1) is 25.2 Å². The van der Waals surface area contributed by atoms with Gasteiger partial charge in [-0.05, 0) is 50.1 Å². The van der Waals surface area contributed by atoms with E-state index in [1.165, 1.54) is 5.06 Å². The minimum absolute atomic E-state index is 0.0395. The highest BCUT2D eigenvalue weighted by Gasteiger charge is 2.22. The number of carbonyl (C=O) groups excluding carboxylic acids is 3. The second kappa shape index (κ2) is 16.9. The Balaban J connectivity index is 1.53. The van der Waals surface area contributed by atoms with Gasteiger partial charge in [-0.3, -0.25) is 19.2 Å². The lowest BCUT2D eigenvalue weighted by molar-refractivity contribution is -0.182. The molecule has 9 heteroatoms. The van der Waals surface area contributed by atoms with E-state index in [0.717, 1.165) is 36.8 Å². The van der Waals surface area contributed by atoms with Crippen LogP contribution in [-0.2, 0) is 21.0 Å². The summed E-state index contributed by atoms with van der Waals surface area (Å²) in [5, 5.41) is 6.61. The van der Waals surface area contributed by atoms with Gasteiger partial charge in [0.2, 0.25) is 12.3 Å². The molecule has 0 saturated carbocycles. The van der Waals surface area contributed by atoms with E-state index in [1.54, 1.807) is 12.1 Å². The van der Waals surface area contributed by atoms with Gasteiger partial charge in [0.15, 0.2) is 5.76 Å². The number of hydrogen-bond acceptors (Lipinski definition) is 6. The SMILES string of the molecule is CCCCCC[C@H](CN(C=O)OCc1ccccc1)C(=O)NCNC(=O)c1ccc(-c2cccc(OC(C)C)c2)o1. The Hall–Kier alpha value is -4.11. The molecule has 0 fully saturated rings. The first-order valence-corrected chi connectivity index (χ1v) is 14.2. The molecule has 9 nitrogen and oxygen atoms in total. The second-order valence-corrected chi connectivity index (χ2v) is 10.1. The Kier molecular flexibility index (Phi) is 12.9. The fraction of sp³-hybridized carbons (Fsp3) is 0.406. The highest BCUT2D eigenvalue weighted by molar-refractivity contribution is 5.92. The van der Waals surface area contributed by atoms with Crippen LogP contribution in [0.25, 0.3) is 11.3 Å². The van der Waals surface area contributed by atoms with Gasteiger partial charge < -0.3 is 19.8 Å². The molecule has 3 amide bonds. The first kappa shape index (κ1) is 31.4. The molecule has 0 aliphatic carbocycles. The van der Waals surface area contributed by atoms with E-state index in [2.05, 4.69) is 17.6 Å². The van der Waals surface area contributed by atoms with Gasteiger partial charge in [-0.25, -0.2) is 5.06 Å². The highest BCUT2D eigenvalue weighted by Crippen LogP contribution is 2.26. The van der Waals surface area contributed by atoms with E-state index in [0.29, 0.717) is 24.3 Å². The quantitative estimate of drug-likeness (QED) is 0.0887. The molecule has 1 aromatic heterocycles. The van der Waals surface area contributed by atoms with E-state index in [1.807, 2.05) is 68.4 Å². The van der Waals surface area contributed by atoms with Crippen LogP contribution in [0.4, 0.5) is 0 Å². The first-order valence-electron chi connectivity index (χ1n) is 14.2. The van der Waals surface area contributed by atoms with Crippen LogP contribution < -0.4 is 15.4 Å². The van der Waals surface area contributed by atoms with Gasteiger partial charge >= 0.3 is 0 Å². The van der Waals surface area contributed by atoms with Crippen molar-refractivity contribution in [3.8, 4) is 17.1 Å². The standard InChI is InChI=1S/C32H41N3O6/c1-4-5-6-10-14-27(20-35(23-36)39-21-25-12-8-7-9-13-25)31(37)33-22-34-32(38)30-18-17-29(41-30)26-15-11-16-28(19-26)40-24(2)3/h7-9,11-13,15-19,23-24,27H,4-6,10,14,20-22H2,1-3H3,(H,33,37)(H,34,38)/t27-/m1/s1. The number of benzene rings is 2. The fourth-order valence-electron chi connectivity index (χ4n) is 4.25. The smallest absolute Gasteiger partial charge is 0.288 e. The van der Waals surface area contributed by atoms with Gasteiger partial charge in [-0.1, -0.05) is 75.1 Å². The molecule has 3 aromatic rings. The molecule has 3 rings (SSSR count). The van der Waals surface area contributed by atoms with Crippen molar-refractivity contribution in [2.24, 2.45) is 5.92 Å². The predicted molar refractivity (Wildman–Crippen MR) is 157 cm³/mol. The van der Waals surface area contributed by atoms with Crippen LogP contribution in [-0.4, -0.2) is 42.6 Å². The van der Waals surface area contributed by atoms with Gasteiger partial charge in [-0.2, -0.15) is 0 Å². The summed E-state index contributed by atoms with van der Waals surface area (Å²) in [4.78, 5) is 43.1. The molecular weight excluding hydrogens is 522 g/mol. The van der Waals surface area contributed by atoms with Crippen LogP contribution in [0.1, 0.15) is 69.0 Å². The van der Waals surface area contributed by atoms with E-state index < -0.39 is 11.8 Å². The molecule has 0 bridgehead atoms. The maximum atomic E-state index is 13.1. The Morgan fingerprint density at radius 1 is 0.976 bits per heavy atom. The molecule has 0 unspecified atom stereocenters. The van der Waals surface area contributed by atoms with Crippen LogP contribution in [0.5, 0.6) is 5.75 Å².